The minimum absolute atomic E-state index is 0.0566. The van der Waals surface area contributed by atoms with Crippen LogP contribution in [0.25, 0.3) is 10.8 Å². The van der Waals surface area contributed by atoms with Gasteiger partial charge in [0.15, 0.2) is 0 Å². The molecule has 20 heavy (non-hydrogen) atoms. The molecular formula is C13H16N4O3. The predicted octanol–water partition coefficient (Wildman–Crippen LogP) is -0.462. The molecule has 7 heteroatoms. The van der Waals surface area contributed by atoms with E-state index in [1.54, 1.807) is 0 Å². The first-order valence-electron chi connectivity index (χ1n) is 6.68. The molecule has 0 fully saturated rings. The summed E-state index contributed by atoms with van der Waals surface area (Å²) in [6.45, 7) is -0.162. The van der Waals surface area contributed by atoms with Gasteiger partial charge in [-0.3, -0.25) is 14.7 Å². The van der Waals surface area contributed by atoms with E-state index in [4.69, 9.17) is 10.8 Å². The lowest BCUT2D eigenvalue weighted by molar-refractivity contribution is 0.266. The van der Waals surface area contributed by atoms with E-state index in [1.165, 1.54) is 0 Å². The number of nitrogens with zero attached hydrogens (tertiary/aromatic N) is 2. The normalized spacial score (nSPS) is 14.4. The minimum atomic E-state index is -0.438. The van der Waals surface area contributed by atoms with Crippen molar-refractivity contribution in [2.75, 3.05) is 12.3 Å². The number of hydrogen-bond donors (Lipinski definition) is 3. The van der Waals surface area contributed by atoms with Crippen molar-refractivity contribution in [2.45, 2.75) is 32.2 Å². The Morgan fingerprint density at radius 1 is 1.25 bits per heavy atom. The molecule has 2 aromatic rings. The molecule has 0 spiro atoms. The molecule has 0 saturated heterocycles. The van der Waals surface area contributed by atoms with Crippen LogP contribution >= 0.6 is 0 Å². The fraction of sp³-hybridized carbons (Fsp3) is 0.462. The lowest BCUT2D eigenvalue weighted by atomic mass is 9.92. The summed E-state index contributed by atoms with van der Waals surface area (Å²) in [5.74, 6) is 0.107. The largest absolute Gasteiger partial charge is 0.394 e. The Balaban J connectivity index is 2.47. The van der Waals surface area contributed by atoms with Crippen LogP contribution in [0.4, 0.5) is 5.82 Å². The highest BCUT2D eigenvalue weighted by molar-refractivity contribution is 5.92. The molecule has 4 N–H and O–H groups in total. The molecule has 0 saturated carbocycles. The molecule has 0 bridgehead atoms. The fourth-order valence-electron chi connectivity index (χ4n) is 2.85. The summed E-state index contributed by atoms with van der Waals surface area (Å²) in [6, 6.07) is 0. The molecule has 106 valence electrons. The van der Waals surface area contributed by atoms with Gasteiger partial charge in [0.2, 0.25) is 0 Å². The molecular weight excluding hydrogens is 260 g/mol. The van der Waals surface area contributed by atoms with Gasteiger partial charge in [0.1, 0.15) is 5.82 Å². The number of aryl methyl sites for hydroxylation is 2. The average Bonchev–Trinajstić information content (AvgIpc) is 2.43. The molecule has 0 radical (unpaired) electrons. The van der Waals surface area contributed by atoms with Crippen molar-refractivity contribution in [3.8, 4) is 0 Å². The van der Waals surface area contributed by atoms with Gasteiger partial charge in [0.05, 0.1) is 23.9 Å². The summed E-state index contributed by atoms with van der Waals surface area (Å²) in [7, 11) is 0. The summed E-state index contributed by atoms with van der Waals surface area (Å²) in [4.78, 5) is 28.9. The summed E-state index contributed by atoms with van der Waals surface area (Å²) >= 11 is 0. The maximum atomic E-state index is 12.5. The van der Waals surface area contributed by atoms with Crippen LogP contribution in [-0.4, -0.2) is 26.5 Å². The number of hydrogen-bond acceptors (Lipinski definition) is 5. The van der Waals surface area contributed by atoms with Gasteiger partial charge >= 0.3 is 0 Å². The Morgan fingerprint density at radius 2 is 2.00 bits per heavy atom. The van der Waals surface area contributed by atoms with E-state index in [2.05, 4.69) is 10.1 Å². The van der Waals surface area contributed by atoms with Gasteiger partial charge in [0, 0.05) is 5.69 Å². The van der Waals surface area contributed by atoms with Crippen LogP contribution in [-0.2, 0) is 19.4 Å². The maximum Gasteiger partial charge on any atom is 0.274 e. The summed E-state index contributed by atoms with van der Waals surface area (Å²) in [6.07, 6.45) is 3.50. The van der Waals surface area contributed by atoms with E-state index in [0.717, 1.165) is 41.6 Å². The fourth-order valence-corrected chi connectivity index (χ4v) is 2.85. The Labute approximate surface area is 114 Å². The highest BCUT2D eigenvalue weighted by atomic mass is 16.3. The zero-order valence-corrected chi connectivity index (χ0v) is 11.0. The van der Waals surface area contributed by atoms with Crippen molar-refractivity contribution >= 4 is 16.6 Å². The first-order chi connectivity index (χ1) is 9.63. The number of H-pyrrole nitrogens is 1. The summed E-state index contributed by atoms with van der Waals surface area (Å²) < 4.78 is 1.14. The van der Waals surface area contributed by atoms with E-state index in [0.29, 0.717) is 5.39 Å². The zero-order chi connectivity index (χ0) is 14.3. The highest BCUT2D eigenvalue weighted by Gasteiger charge is 2.21. The number of anilines is 1. The van der Waals surface area contributed by atoms with Gasteiger partial charge in [-0.1, -0.05) is 0 Å². The molecule has 0 aliphatic heterocycles. The van der Waals surface area contributed by atoms with Crippen LogP contribution in [0.15, 0.2) is 9.59 Å². The van der Waals surface area contributed by atoms with E-state index in [-0.39, 0.29) is 29.9 Å². The molecule has 0 amide bonds. The number of rotatable bonds is 2. The van der Waals surface area contributed by atoms with Gasteiger partial charge in [-0.05, 0) is 31.2 Å². The number of nitrogen functional groups attached to an aromatic ring is 1. The molecule has 0 unspecified atom stereocenters. The predicted molar refractivity (Wildman–Crippen MR) is 74.8 cm³/mol. The molecule has 2 aromatic heterocycles. The first kappa shape index (κ1) is 12.9. The van der Waals surface area contributed by atoms with Crippen LogP contribution in [0.5, 0.6) is 0 Å². The summed E-state index contributed by atoms with van der Waals surface area (Å²) in [5.41, 5.74) is 6.74. The SMILES string of the molecule is Nc1nc2c(c3c(=O)n(CCO)[nH]c(=O)c13)CCCC2. The van der Waals surface area contributed by atoms with Crippen LogP contribution in [0, 0.1) is 0 Å². The second-order valence-electron chi connectivity index (χ2n) is 5.00. The first-order valence-corrected chi connectivity index (χ1v) is 6.68. The van der Waals surface area contributed by atoms with E-state index in [1.807, 2.05) is 0 Å². The van der Waals surface area contributed by atoms with Crippen molar-refractivity contribution in [2.24, 2.45) is 0 Å². The van der Waals surface area contributed by atoms with E-state index in [9.17, 15) is 9.59 Å². The van der Waals surface area contributed by atoms with Crippen LogP contribution in [0.3, 0.4) is 0 Å². The Kier molecular flexibility index (Phi) is 3.06. The van der Waals surface area contributed by atoms with Gasteiger partial charge in [-0.15, -0.1) is 0 Å². The molecule has 2 heterocycles. The standard InChI is InChI=1S/C13H16N4O3/c14-11-10-9(7-3-1-2-4-8(7)15-11)13(20)17(5-6-18)16-12(10)19/h18H,1-6H2,(H2,14,15)(H,16,19). The molecule has 1 aliphatic rings. The van der Waals surface area contributed by atoms with Crippen molar-refractivity contribution < 1.29 is 5.11 Å². The smallest absolute Gasteiger partial charge is 0.274 e. The van der Waals surface area contributed by atoms with Crippen molar-refractivity contribution in [1.29, 1.82) is 0 Å². The number of pyridine rings is 1. The third-order valence-electron chi connectivity index (χ3n) is 3.75. The van der Waals surface area contributed by atoms with Crippen molar-refractivity contribution in [3.63, 3.8) is 0 Å². The monoisotopic (exact) mass is 276 g/mol. The van der Waals surface area contributed by atoms with Gasteiger partial charge in [0.25, 0.3) is 11.1 Å². The van der Waals surface area contributed by atoms with E-state index < -0.39 is 5.56 Å². The Hall–Kier alpha value is -2.15. The molecule has 0 atom stereocenters. The number of aliphatic hydroxyl groups excluding tert-OH is 1. The molecule has 7 nitrogen and oxygen atoms in total. The van der Waals surface area contributed by atoms with E-state index >= 15 is 0 Å². The third kappa shape index (κ3) is 1.82. The van der Waals surface area contributed by atoms with Gasteiger partial charge in [-0.2, -0.15) is 0 Å². The number of nitrogens with two attached hydrogens (primary N) is 1. The quantitative estimate of drug-likeness (QED) is 0.686. The average molecular weight is 276 g/mol. The number of fused-ring (bicyclic) bond motifs is 3. The van der Waals surface area contributed by atoms with Crippen LogP contribution in [0.2, 0.25) is 0 Å². The highest BCUT2D eigenvalue weighted by Crippen LogP contribution is 2.26. The Morgan fingerprint density at radius 3 is 2.75 bits per heavy atom. The van der Waals surface area contributed by atoms with Crippen LogP contribution in [0.1, 0.15) is 24.1 Å². The number of aliphatic hydroxyl groups is 1. The summed E-state index contributed by atoms with van der Waals surface area (Å²) in [5, 5.41) is 12.0. The van der Waals surface area contributed by atoms with Crippen LogP contribution < -0.4 is 16.9 Å². The maximum absolute atomic E-state index is 12.5. The topological polar surface area (TPSA) is 114 Å². The molecule has 3 rings (SSSR count). The second-order valence-corrected chi connectivity index (χ2v) is 5.00. The van der Waals surface area contributed by atoms with Gasteiger partial charge < -0.3 is 10.8 Å². The van der Waals surface area contributed by atoms with Crippen molar-refractivity contribution in [1.82, 2.24) is 14.8 Å². The third-order valence-corrected chi connectivity index (χ3v) is 3.75. The van der Waals surface area contributed by atoms with Crippen molar-refractivity contribution in [3.05, 3.63) is 32.0 Å². The number of aromatic nitrogens is 3. The molecule has 0 aromatic carbocycles. The Bertz CT molecular complexity index is 791. The minimum Gasteiger partial charge on any atom is -0.394 e. The number of nitrogens with one attached hydrogen (secondary N) is 1. The lowest BCUT2D eigenvalue weighted by Crippen LogP contribution is -2.33. The second kappa shape index (κ2) is 4.75. The zero-order valence-electron chi connectivity index (χ0n) is 11.0. The lowest BCUT2D eigenvalue weighted by Gasteiger charge is -2.18. The number of aromatic amines is 1. The van der Waals surface area contributed by atoms with Gasteiger partial charge in [-0.25, -0.2) is 9.67 Å². The molecule has 1 aliphatic carbocycles.